The van der Waals surface area contributed by atoms with Gasteiger partial charge in [0.25, 0.3) is 5.56 Å². The molecule has 3 heterocycles. The quantitative estimate of drug-likeness (QED) is 0.432. The second kappa shape index (κ2) is 9.30. The molecular weight excluding hydrogens is 444 g/mol. The van der Waals surface area contributed by atoms with Gasteiger partial charge in [0, 0.05) is 38.3 Å². The van der Waals surface area contributed by atoms with E-state index >= 15 is 0 Å². The Kier molecular flexibility index (Phi) is 6.19. The first-order valence-electron chi connectivity index (χ1n) is 12.3. The number of ketones is 1. The minimum absolute atomic E-state index is 0.0356. The van der Waals surface area contributed by atoms with Crippen molar-refractivity contribution in [2.45, 2.75) is 58.2 Å². The van der Waals surface area contributed by atoms with Gasteiger partial charge >= 0.3 is 5.69 Å². The van der Waals surface area contributed by atoms with E-state index in [0.29, 0.717) is 35.8 Å². The molecule has 9 heteroatoms. The molecule has 0 radical (unpaired) electrons. The van der Waals surface area contributed by atoms with Crippen LogP contribution in [0.25, 0.3) is 11.2 Å². The van der Waals surface area contributed by atoms with Crippen molar-refractivity contribution in [3.8, 4) is 0 Å². The van der Waals surface area contributed by atoms with Crippen LogP contribution >= 0.6 is 0 Å². The number of carbonyl (C=O) groups excluding carboxylic acids is 1. The number of nitrogens with two attached hydrogens (primary N) is 1. The van der Waals surface area contributed by atoms with Gasteiger partial charge in [-0.2, -0.15) is 4.98 Å². The van der Waals surface area contributed by atoms with E-state index in [-0.39, 0.29) is 18.4 Å². The summed E-state index contributed by atoms with van der Waals surface area (Å²) in [6.45, 7) is 3.82. The van der Waals surface area contributed by atoms with E-state index in [1.54, 1.807) is 31.3 Å². The highest BCUT2D eigenvalue weighted by Gasteiger charge is 2.28. The lowest BCUT2D eigenvalue weighted by atomic mass is 10.1. The van der Waals surface area contributed by atoms with Crippen LogP contribution in [0, 0.1) is 0 Å². The Morgan fingerprint density at radius 3 is 2.57 bits per heavy atom. The van der Waals surface area contributed by atoms with E-state index in [1.807, 2.05) is 10.6 Å². The molecule has 0 amide bonds. The van der Waals surface area contributed by atoms with Crippen LogP contribution in [0.15, 0.2) is 51.1 Å². The zero-order valence-corrected chi connectivity index (χ0v) is 20.4. The van der Waals surface area contributed by atoms with Gasteiger partial charge < -0.3 is 15.2 Å². The number of allylic oxidation sites excluding steroid dienone is 2. The largest absolute Gasteiger partial charge is 0.341 e. The number of nitrogens with zero attached hydrogens (tertiary/aromatic N) is 5. The highest BCUT2D eigenvalue weighted by molar-refractivity contribution is 5.95. The van der Waals surface area contributed by atoms with Crippen molar-refractivity contribution in [2.75, 3.05) is 18.0 Å². The minimum atomic E-state index is -0.547. The van der Waals surface area contributed by atoms with Crippen molar-refractivity contribution in [1.82, 2.24) is 18.7 Å². The molecule has 1 aliphatic carbocycles. The highest BCUT2D eigenvalue weighted by atomic mass is 16.2. The van der Waals surface area contributed by atoms with Crippen LogP contribution in [0.1, 0.15) is 49.4 Å². The number of benzene rings is 1. The minimum Gasteiger partial charge on any atom is -0.341 e. The number of hydrogen-bond donors (Lipinski definition) is 1. The summed E-state index contributed by atoms with van der Waals surface area (Å²) >= 11 is 0. The zero-order chi connectivity index (χ0) is 24.7. The van der Waals surface area contributed by atoms with Gasteiger partial charge in [-0.3, -0.25) is 18.7 Å². The van der Waals surface area contributed by atoms with Crippen molar-refractivity contribution in [3.05, 3.63) is 67.9 Å². The van der Waals surface area contributed by atoms with Crippen molar-refractivity contribution in [2.24, 2.45) is 12.8 Å². The van der Waals surface area contributed by atoms with Crippen molar-refractivity contribution in [1.29, 1.82) is 0 Å². The predicted octanol–water partition coefficient (Wildman–Crippen LogP) is 2.21. The highest BCUT2D eigenvalue weighted by Crippen LogP contribution is 2.30. The molecule has 1 aromatic carbocycles. The van der Waals surface area contributed by atoms with Gasteiger partial charge in [0.05, 0.1) is 6.54 Å². The van der Waals surface area contributed by atoms with Crippen LogP contribution in [0.3, 0.4) is 0 Å². The lowest BCUT2D eigenvalue weighted by molar-refractivity contribution is 0.0969. The Bertz CT molecular complexity index is 1430. The molecule has 1 unspecified atom stereocenters. The fourth-order valence-corrected chi connectivity index (χ4v) is 5.30. The van der Waals surface area contributed by atoms with Gasteiger partial charge in [0.2, 0.25) is 5.95 Å². The fraction of sp³-hybridized carbons (Fsp3) is 0.462. The fourth-order valence-electron chi connectivity index (χ4n) is 5.30. The average Bonchev–Trinajstić information content (AvgIpc) is 3.44. The van der Waals surface area contributed by atoms with E-state index in [0.717, 1.165) is 43.2 Å². The molecule has 2 N–H and O–H groups in total. The topological polar surface area (TPSA) is 108 Å². The molecule has 0 bridgehead atoms. The standard InChI is InChI=1S/C26H32N6O3/c1-17-8-6-11-19(17)14-31-22-23(28-25(31)30-13-7-12-20(27)15-30)29(2)26(35)32(24(22)34)16-21(33)18-9-4-3-5-10-18/h3-5,9-10,20H,6-8,11-16,27H2,1-2H3. The lowest BCUT2D eigenvalue weighted by Gasteiger charge is -2.32. The molecule has 0 saturated carbocycles. The molecule has 0 spiro atoms. The van der Waals surface area contributed by atoms with Crippen LogP contribution in [0.4, 0.5) is 5.95 Å². The van der Waals surface area contributed by atoms with Crippen molar-refractivity contribution in [3.63, 3.8) is 0 Å². The van der Waals surface area contributed by atoms with Crippen LogP contribution in [-0.2, 0) is 20.1 Å². The van der Waals surface area contributed by atoms with Crippen LogP contribution in [0.5, 0.6) is 0 Å². The number of aromatic nitrogens is 4. The Balaban J connectivity index is 1.68. The Labute approximate surface area is 203 Å². The molecule has 1 atom stereocenters. The number of fused-ring (bicyclic) bond motifs is 1. The summed E-state index contributed by atoms with van der Waals surface area (Å²) < 4.78 is 4.37. The molecule has 1 saturated heterocycles. The Morgan fingerprint density at radius 1 is 1.11 bits per heavy atom. The number of rotatable bonds is 6. The van der Waals surface area contributed by atoms with E-state index < -0.39 is 11.2 Å². The molecule has 5 rings (SSSR count). The SMILES string of the molecule is CC1=C(Cn2c(N3CCCC(N)C3)nc3c2c(=O)n(CC(=O)c2ccccc2)c(=O)n3C)CCC1. The van der Waals surface area contributed by atoms with Gasteiger partial charge in [-0.15, -0.1) is 0 Å². The third-order valence-corrected chi connectivity index (χ3v) is 7.33. The molecule has 2 aliphatic rings. The summed E-state index contributed by atoms with van der Waals surface area (Å²) in [4.78, 5) is 46.8. The van der Waals surface area contributed by atoms with E-state index in [9.17, 15) is 14.4 Å². The summed E-state index contributed by atoms with van der Waals surface area (Å²) in [5.41, 5.74) is 9.04. The third-order valence-electron chi connectivity index (χ3n) is 7.33. The van der Waals surface area contributed by atoms with E-state index in [1.165, 1.54) is 15.7 Å². The second-order valence-electron chi connectivity index (χ2n) is 9.78. The summed E-state index contributed by atoms with van der Waals surface area (Å²) in [7, 11) is 1.61. The van der Waals surface area contributed by atoms with E-state index in [2.05, 4.69) is 11.8 Å². The Hall–Kier alpha value is -3.46. The number of hydrogen-bond acceptors (Lipinski definition) is 6. The average molecular weight is 477 g/mol. The maximum atomic E-state index is 13.8. The third kappa shape index (κ3) is 4.25. The first-order chi connectivity index (χ1) is 16.8. The number of aryl methyl sites for hydroxylation is 1. The summed E-state index contributed by atoms with van der Waals surface area (Å²) in [5.74, 6) is 0.383. The van der Waals surface area contributed by atoms with Gasteiger partial charge in [-0.05, 0) is 39.0 Å². The molecule has 184 valence electrons. The summed E-state index contributed by atoms with van der Waals surface area (Å²) in [5, 5.41) is 0. The Morgan fingerprint density at radius 2 is 1.89 bits per heavy atom. The predicted molar refractivity (Wildman–Crippen MR) is 136 cm³/mol. The first kappa shape index (κ1) is 23.3. The van der Waals surface area contributed by atoms with Crippen LogP contribution < -0.4 is 21.9 Å². The molecule has 1 aliphatic heterocycles. The molecular formula is C26H32N6O3. The smallest absolute Gasteiger partial charge is 0.332 e. The molecule has 1 fully saturated rings. The molecule has 2 aromatic heterocycles. The number of carbonyl (C=O) groups is 1. The van der Waals surface area contributed by atoms with E-state index in [4.69, 9.17) is 10.7 Å². The maximum absolute atomic E-state index is 13.8. The molecule has 35 heavy (non-hydrogen) atoms. The van der Waals surface area contributed by atoms with Crippen molar-refractivity contribution >= 4 is 22.9 Å². The van der Waals surface area contributed by atoms with Gasteiger partial charge in [-0.25, -0.2) is 4.79 Å². The van der Waals surface area contributed by atoms with Crippen molar-refractivity contribution < 1.29 is 4.79 Å². The van der Waals surface area contributed by atoms with Gasteiger partial charge in [0.1, 0.15) is 0 Å². The summed E-state index contributed by atoms with van der Waals surface area (Å²) in [6, 6.07) is 8.76. The second-order valence-corrected chi connectivity index (χ2v) is 9.78. The number of anilines is 1. The van der Waals surface area contributed by atoms with Crippen LogP contribution in [-0.4, -0.2) is 43.6 Å². The van der Waals surface area contributed by atoms with Gasteiger partial charge in [-0.1, -0.05) is 41.5 Å². The van der Waals surface area contributed by atoms with Crippen LogP contribution in [0.2, 0.25) is 0 Å². The van der Waals surface area contributed by atoms with Gasteiger partial charge in [0.15, 0.2) is 16.9 Å². The molecule has 9 nitrogen and oxygen atoms in total. The molecule has 3 aromatic rings. The zero-order valence-electron chi connectivity index (χ0n) is 20.4. The number of piperidine rings is 1. The first-order valence-corrected chi connectivity index (χ1v) is 12.3. The monoisotopic (exact) mass is 476 g/mol. The summed E-state index contributed by atoms with van der Waals surface area (Å²) in [6.07, 6.45) is 5.04. The normalized spacial score (nSPS) is 18.6. The number of Topliss-reactive ketones (excluding diaryl/α,β-unsaturated/α-hetero) is 1. The number of imidazole rings is 1. The lowest BCUT2D eigenvalue weighted by Crippen LogP contribution is -2.44. The maximum Gasteiger partial charge on any atom is 0.332 e.